The third kappa shape index (κ3) is 3.54. The highest BCUT2D eigenvalue weighted by molar-refractivity contribution is 5.77. The van der Waals surface area contributed by atoms with Crippen LogP contribution in [0.4, 0.5) is 0 Å². The second kappa shape index (κ2) is 7.58. The lowest BCUT2D eigenvalue weighted by Crippen LogP contribution is -1.99. The van der Waals surface area contributed by atoms with Crippen LogP contribution in [0.25, 0.3) is 28.2 Å². The zero-order chi connectivity index (χ0) is 18.6. The normalized spacial score (nSPS) is 10.9. The van der Waals surface area contributed by atoms with Crippen LogP contribution >= 0.6 is 0 Å². The SMILES string of the molecule is CCc1ccc(-c2nn(-c3ccc(CC)cc3)nc2-c2ccccc2)cc1. The Bertz CT molecular complexity index is 1010. The van der Waals surface area contributed by atoms with Crippen LogP contribution in [0.2, 0.25) is 0 Å². The van der Waals surface area contributed by atoms with Crippen LogP contribution in [0, 0.1) is 0 Å². The fraction of sp³-hybridized carbons (Fsp3) is 0.167. The molecule has 0 aliphatic rings. The van der Waals surface area contributed by atoms with Gasteiger partial charge in [0.15, 0.2) is 0 Å². The fourth-order valence-corrected chi connectivity index (χ4v) is 3.17. The van der Waals surface area contributed by atoms with E-state index in [1.165, 1.54) is 11.1 Å². The van der Waals surface area contributed by atoms with Gasteiger partial charge in [0.05, 0.1) is 5.69 Å². The molecule has 0 N–H and O–H groups in total. The Morgan fingerprint density at radius 1 is 0.593 bits per heavy atom. The average Bonchev–Trinajstić information content (AvgIpc) is 3.20. The number of benzene rings is 3. The first-order valence-corrected chi connectivity index (χ1v) is 9.50. The quantitative estimate of drug-likeness (QED) is 0.459. The minimum absolute atomic E-state index is 0.902. The molecule has 3 heteroatoms. The molecule has 0 bridgehead atoms. The molecule has 0 radical (unpaired) electrons. The summed E-state index contributed by atoms with van der Waals surface area (Å²) in [7, 11) is 0. The number of hydrogen-bond donors (Lipinski definition) is 0. The summed E-state index contributed by atoms with van der Waals surface area (Å²) in [6.45, 7) is 4.33. The van der Waals surface area contributed by atoms with Gasteiger partial charge in [-0.2, -0.15) is 4.80 Å². The molecule has 3 aromatic carbocycles. The average molecular weight is 353 g/mol. The lowest BCUT2D eigenvalue weighted by molar-refractivity contribution is 0.755. The van der Waals surface area contributed by atoms with Gasteiger partial charge in [0, 0.05) is 11.1 Å². The summed E-state index contributed by atoms with van der Waals surface area (Å²) in [6.07, 6.45) is 2.05. The number of aryl methyl sites for hydroxylation is 2. The summed E-state index contributed by atoms with van der Waals surface area (Å²) < 4.78 is 0. The van der Waals surface area contributed by atoms with Crippen molar-refractivity contribution >= 4 is 0 Å². The molecule has 0 aliphatic heterocycles. The lowest BCUT2D eigenvalue weighted by Gasteiger charge is -2.02. The zero-order valence-electron chi connectivity index (χ0n) is 15.8. The molecule has 0 atom stereocenters. The van der Waals surface area contributed by atoms with Gasteiger partial charge in [-0.25, -0.2) is 0 Å². The lowest BCUT2D eigenvalue weighted by atomic mass is 10.0. The van der Waals surface area contributed by atoms with E-state index in [-0.39, 0.29) is 0 Å². The third-order valence-electron chi connectivity index (χ3n) is 4.87. The third-order valence-corrected chi connectivity index (χ3v) is 4.87. The van der Waals surface area contributed by atoms with Crippen molar-refractivity contribution in [3.05, 3.63) is 90.0 Å². The Balaban J connectivity index is 1.83. The monoisotopic (exact) mass is 353 g/mol. The van der Waals surface area contributed by atoms with Gasteiger partial charge in [0.25, 0.3) is 0 Å². The van der Waals surface area contributed by atoms with Gasteiger partial charge in [-0.1, -0.05) is 80.6 Å². The van der Waals surface area contributed by atoms with E-state index < -0.39 is 0 Å². The first-order chi connectivity index (χ1) is 13.3. The maximum absolute atomic E-state index is 4.84. The first-order valence-electron chi connectivity index (χ1n) is 9.50. The molecule has 0 spiro atoms. The number of hydrogen-bond acceptors (Lipinski definition) is 2. The van der Waals surface area contributed by atoms with E-state index in [1.54, 1.807) is 4.80 Å². The van der Waals surface area contributed by atoms with Crippen LogP contribution in [0.3, 0.4) is 0 Å². The van der Waals surface area contributed by atoms with Crippen molar-refractivity contribution in [3.63, 3.8) is 0 Å². The Morgan fingerprint density at radius 3 is 1.59 bits per heavy atom. The maximum Gasteiger partial charge on any atom is 0.121 e. The van der Waals surface area contributed by atoms with Gasteiger partial charge in [0.1, 0.15) is 11.4 Å². The first kappa shape index (κ1) is 17.2. The molecule has 3 nitrogen and oxygen atoms in total. The van der Waals surface area contributed by atoms with Gasteiger partial charge in [-0.15, -0.1) is 10.2 Å². The molecule has 4 rings (SSSR count). The highest BCUT2D eigenvalue weighted by Crippen LogP contribution is 2.30. The summed E-state index contributed by atoms with van der Waals surface area (Å²) >= 11 is 0. The molecule has 0 saturated carbocycles. The Hall–Kier alpha value is -3.20. The predicted molar refractivity (Wildman–Crippen MR) is 111 cm³/mol. The topological polar surface area (TPSA) is 30.7 Å². The van der Waals surface area contributed by atoms with E-state index in [1.807, 2.05) is 18.2 Å². The van der Waals surface area contributed by atoms with Crippen LogP contribution in [0.15, 0.2) is 78.9 Å². The summed E-state index contributed by atoms with van der Waals surface area (Å²) in [5, 5.41) is 9.67. The highest BCUT2D eigenvalue weighted by Gasteiger charge is 2.16. The smallest absolute Gasteiger partial charge is 0.121 e. The van der Waals surface area contributed by atoms with E-state index in [4.69, 9.17) is 10.2 Å². The van der Waals surface area contributed by atoms with Crippen molar-refractivity contribution in [1.29, 1.82) is 0 Å². The van der Waals surface area contributed by atoms with Crippen LogP contribution < -0.4 is 0 Å². The minimum Gasteiger partial charge on any atom is -0.150 e. The molecule has 134 valence electrons. The van der Waals surface area contributed by atoms with Gasteiger partial charge in [-0.3, -0.25) is 0 Å². The minimum atomic E-state index is 0.902. The molecule has 4 aromatic rings. The van der Waals surface area contributed by atoms with Gasteiger partial charge < -0.3 is 0 Å². The van der Waals surface area contributed by atoms with Crippen molar-refractivity contribution in [3.8, 4) is 28.2 Å². The molecular formula is C24H23N3. The van der Waals surface area contributed by atoms with Crippen molar-refractivity contribution in [2.45, 2.75) is 26.7 Å². The van der Waals surface area contributed by atoms with E-state index in [0.717, 1.165) is 41.0 Å². The maximum atomic E-state index is 4.84. The van der Waals surface area contributed by atoms with Gasteiger partial charge in [-0.05, 0) is 36.1 Å². The summed E-state index contributed by atoms with van der Waals surface area (Å²) in [5.41, 5.74) is 7.57. The predicted octanol–water partition coefficient (Wildman–Crippen LogP) is 5.73. The molecule has 0 amide bonds. The van der Waals surface area contributed by atoms with Crippen molar-refractivity contribution < 1.29 is 0 Å². The van der Waals surface area contributed by atoms with E-state index in [0.29, 0.717) is 0 Å². The molecule has 0 aliphatic carbocycles. The molecule has 0 fully saturated rings. The van der Waals surface area contributed by atoms with E-state index >= 15 is 0 Å². The molecule has 0 unspecified atom stereocenters. The molecule has 27 heavy (non-hydrogen) atoms. The largest absolute Gasteiger partial charge is 0.150 e. The van der Waals surface area contributed by atoms with E-state index in [2.05, 4.69) is 74.5 Å². The van der Waals surface area contributed by atoms with Crippen LogP contribution in [-0.2, 0) is 12.8 Å². The standard InChI is InChI=1S/C24H23N3/c1-3-18-10-14-21(15-11-18)24-23(20-8-6-5-7-9-20)25-27(26-24)22-16-12-19(4-2)13-17-22/h5-17H,3-4H2,1-2H3. The summed E-state index contributed by atoms with van der Waals surface area (Å²) in [4.78, 5) is 1.74. The molecular weight excluding hydrogens is 330 g/mol. The number of nitrogens with zero attached hydrogens (tertiary/aromatic N) is 3. The molecule has 1 heterocycles. The summed E-state index contributed by atoms with van der Waals surface area (Å²) in [5.74, 6) is 0. The Labute approximate surface area is 160 Å². The highest BCUT2D eigenvalue weighted by atomic mass is 15.5. The van der Waals surface area contributed by atoms with Crippen molar-refractivity contribution in [2.24, 2.45) is 0 Å². The van der Waals surface area contributed by atoms with Crippen molar-refractivity contribution in [1.82, 2.24) is 15.0 Å². The number of aromatic nitrogens is 3. The second-order valence-corrected chi connectivity index (χ2v) is 6.62. The van der Waals surface area contributed by atoms with Crippen molar-refractivity contribution in [2.75, 3.05) is 0 Å². The van der Waals surface area contributed by atoms with E-state index in [9.17, 15) is 0 Å². The molecule has 1 aromatic heterocycles. The number of rotatable bonds is 5. The van der Waals surface area contributed by atoms with Gasteiger partial charge in [0.2, 0.25) is 0 Å². The van der Waals surface area contributed by atoms with Gasteiger partial charge >= 0.3 is 0 Å². The fourth-order valence-electron chi connectivity index (χ4n) is 3.17. The van der Waals surface area contributed by atoms with Crippen LogP contribution in [-0.4, -0.2) is 15.0 Å². The Morgan fingerprint density at radius 2 is 1.07 bits per heavy atom. The summed E-state index contributed by atoms with van der Waals surface area (Å²) in [6, 6.07) is 27.3. The molecule has 0 saturated heterocycles. The van der Waals surface area contributed by atoms with Crippen LogP contribution in [0.1, 0.15) is 25.0 Å². The Kier molecular flexibility index (Phi) is 4.84. The zero-order valence-corrected chi connectivity index (χ0v) is 15.8. The van der Waals surface area contributed by atoms with Crippen LogP contribution in [0.5, 0.6) is 0 Å². The second-order valence-electron chi connectivity index (χ2n) is 6.62.